The highest BCUT2D eigenvalue weighted by Gasteiger charge is 2.37. The van der Waals surface area contributed by atoms with Gasteiger partial charge in [-0.2, -0.15) is 14.3 Å². The van der Waals surface area contributed by atoms with Crippen LogP contribution in [0.25, 0.3) is 0 Å². The van der Waals surface area contributed by atoms with Crippen molar-refractivity contribution in [1.82, 2.24) is 5.54 Å². The molecule has 0 aromatic carbocycles. The third-order valence-corrected chi connectivity index (χ3v) is 2.76. The largest absolute Gasteiger partial charge is 0.327 e. The van der Waals surface area contributed by atoms with Crippen LogP contribution in [0.3, 0.4) is 0 Å². The van der Waals surface area contributed by atoms with Gasteiger partial charge in [-0.25, -0.2) is 0 Å². The summed E-state index contributed by atoms with van der Waals surface area (Å²) >= 11 is 0. The molecule has 2 nitrogen and oxygen atoms in total. The van der Waals surface area contributed by atoms with Crippen LogP contribution in [-0.4, -0.2) is 11.8 Å². The molecule has 0 heterocycles. The molecule has 0 aliphatic carbocycles. The normalized spacial score (nSPS) is 11.5. The zero-order chi connectivity index (χ0) is 13.1. The Morgan fingerprint density at radius 3 is 1.94 bits per heavy atom. The van der Waals surface area contributed by atoms with E-state index in [9.17, 15) is 18.1 Å². The van der Waals surface area contributed by atoms with Crippen molar-refractivity contribution in [2.45, 2.75) is 70.6 Å². The maximum Gasteiger partial charge on any atom is 0.327 e. The molecule has 0 aliphatic rings. The second kappa shape index (κ2) is 9.31. The highest BCUT2D eigenvalue weighted by atomic mass is 19.3. The minimum Gasteiger partial charge on any atom is -0.265 e. The van der Waals surface area contributed by atoms with Crippen LogP contribution < -0.4 is 5.54 Å². The van der Waals surface area contributed by atoms with E-state index >= 15 is 0 Å². The van der Waals surface area contributed by atoms with Gasteiger partial charge < -0.3 is 0 Å². The number of hydrogen-bond donors (Lipinski definition) is 1. The first-order valence-electron chi connectivity index (χ1n) is 6.33. The number of carbonyl (C=O) groups excluding carboxylic acids is 1. The monoisotopic (exact) mass is 253 g/mol. The van der Waals surface area contributed by atoms with Crippen molar-refractivity contribution in [1.29, 1.82) is 0 Å². The Bertz CT molecular complexity index is 210. The molecule has 0 rings (SSSR count). The lowest BCUT2D eigenvalue weighted by molar-refractivity contribution is -0.151. The number of rotatable bonds is 10. The summed E-state index contributed by atoms with van der Waals surface area (Å²) in [5.74, 6) is -5.41. The topological polar surface area (TPSA) is 29.1 Å². The first-order chi connectivity index (χ1) is 8.04. The lowest BCUT2D eigenvalue weighted by Gasteiger charge is -2.12. The second-order valence-electron chi connectivity index (χ2n) is 4.35. The second-order valence-corrected chi connectivity index (χ2v) is 4.35. The average molecular weight is 253 g/mol. The summed E-state index contributed by atoms with van der Waals surface area (Å²) in [6.45, 7) is 2.14. The number of amides is 1. The third-order valence-electron chi connectivity index (χ3n) is 2.76. The van der Waals surface area contributed by atoms with Crippen LogP contribution in [0.5, 0.6) is 0 Å². The number of carbonyl (C=O) groups is 1. The first-order valence-corrected chi connectivity index (χ1v) is 6.33. The van der Waals surface area contributed by atoms with E-state index in [1.54, 1.807) is 0 Å². The Labute approximate surface area is 101 Å². The van der Waals surface area contributed by atoms with E-state index in [4.69, 9.17) is 0 Å². The van der Waals surface area contributed by atoms with Crippen molar-refractivity contribution in [2.75, 3.05) is 0 Å². The highest BCUT2D eigenvalue weighted by Crippen LogP contribution is 2.22. The summed E-state index contributed by atoms with van der Waals surface area (Å²) in [4.78, 5) is 10.4. The van der Waals surface area contributed by atoms with E-state index in [1.165, 1.54) is 19.3 Å². The van der Waals surface area contributed by atoms with Gasteiger partial charge in [0, 0.05) is 6.42 Å². The minimum atomic E-state index is -3.57. The molecule has 0 aromatic heterocycles. The summed E-state index contributed by atoms with van der Waals surface area (Å²) in [5.41, 5.74) is 0.492. The average Bonchev–Trinajstić information content (AvgIpc) is 2.31. The summed E-state index contributed by atoms with van der Waals surface area (Å²) < 4.78 is 37.2. The molecule has 0 atom stereocenters. The number of hydrogen-bond acceptors (Lipinski definition) is 1. The first kappa shape index (κ1) is 16.3. The van der Waals surface area contributed by atoms with E-state index in [-0.39, 0.29) is 6.42 Å². The molecular formula is C12H22F3NO. The van der Waals surface area contributed by atoms with Gasteiger partial charge in [0.2, 0.25) is 0 Å². The molecule has 0 unspecified atom stereocenters. The van der Waals surface area contributed by atoms with Crippen molar-refractivity contribution in [3.63, 3.8) is 0 Å². The molecule has 0 saturated carbocycles. The van der Waals surface area contributed by atoms with Crippen LogP contribution in [0.2, 0.25) is 0 Å². The van der Waals surface area contributed by atoms with Gasteiger partial charge in [-0.15, -0.1) is 4.48 Å². The molecule has 0 aliphatic heterocycles. The molecule has 1 amide bonds. The fourth-order valence-electron chi connectivity index (χ4n) is 1.66. The molecule has 0 aromatic rings. The van der Waals surface area contributed by atoms with Crippen molar-refractivity contribution >= 4 is 5.91 Å². The quantitative estimate of drug-likeness (QED) is 0.460. The lowest BCUT2D eigenvalue weighted by atomic mass is 10.1. The predicted molar refractivity (Wildman–Crippen MR) is 61.4 cm³/mol. The Balaban J connectivity index is 3.42. The van der Waals surface area contributed by atoms with Crippen molar-refractivity contribution in [3.05, 3.63) is 0 Å². The maximum absolute atomic E-state index is 12.8. The minimum absolute atomic E-state index is 0.258. The fraction of sp³-hybridized carbons (Fsp3) is 0.917. The Morgan fingerprint density at radius 1 is 1.00 bits per heavy atom. The van der Waals surface area contributed by atoms with Crippen LogP contribution in [0.15, 0.2) is 0 Å². The van der Waals surface area contributed by atoms with Crippen LogP contribution >= 0.6 is 0 Å². The van der Waals surface area contributed by atoms with E-state index in [2.05, 4.69) is 6.92 Å². The predicted octanol–water partition coefficient (Wildman–Crippen LogP) is 4.15. The standard InChI is InChI=1S/C12H22F3NO/c1-2-3-4-5-6-7-8-9-10-12(13,14)11(17)16-15/h2-10H2,1H3,(H,16,17). The number of halogens is 3. The molecule has 0 radical (unpaired) electrons. The van der Waals surface area contributed by atoms with Crippen LogP contribution in [0, 0.1) is 0 Å². The highest BCUT2D eigenvalue weighted by molar-refractivity contribution is 5.82. The Morgan fingerprint density at radius 2 is 1.47 bits per heavy atom. The molecule has 0 saturated heterocycles. The number of alkyl halides is 2. The Kier molecular flexibility index (Phi) is 8.90. The number of unbranched alkanes of at least 4 members (excludes halogenated alkanes) is 7. The number of nitrogens with one attached hydrogen (secondary N) is 1. The van der Waals surface area contributed by atoms with Gasteiger partial charge in [0.15, 0.2) is 0 Å². The summed E-state index contributed by atoms with van der Waals surface area (Å²) in [7, 11) is 0. The van der Waals surface area contributed by atoms with Crippen molar-refractivity contribution < 1.29 is 18.1 Å². The molecule has 102 valence electrons. The van der Waals surface area contributed by atoms with Crippen LogP contribution in [0.1, 0.15) is 64.7 Å². The summed E-state index contributed by atoms with van der Waals surface area (Å²) in [6, 6.07) is 0. The molecule has 0 fully saturated rings. The molecule has 0 bridgehead atoms. The van der Waals surface area contributed by atoms with Crippen LogP contribution in [-0.2, 0) is 4.79 Å². The van der Waals surface area contributed by atoms with E-state index < -0.39 is 18.3 Å². The smallest absolute Gasteiger partial charge is 0.265 e. The van der Waals surface area contributed by atoms with Gasteiger partial charge in [-0.05, 0) is 6.42 Å². The van der Waals surface area contributed by atoms with Gasteiger partial charge in [0.05, 0.1) is 0 Å². The molecule has 5 heteroatoms. The summed E-state index contributed by atoms with van der Waals surface area (Å²) in [6.07, 6.45) is 7.02. The SMILES string of the molecule is CCCCCCCCCCC(F)(F)C(=O)NF. The zero-order valence-electron chi connectivity index (χ0n) is 10.4. The van der Waals surface area contributed by atoms with E-state index in [0.717, 1.165) is 19.3 Å². The van der Waals surface area contributed by atoms with E-state index in [1.807, 2.05) is 0 Å². The zero-order valence-corrected chi connectivity index (χ0v) is 10.4. The summed E-state index contributed by atoms with van der Waals surface area (Å²) in [5, 5.41) is 0. The molecular weight excluding hydrogens is 231 g/mol. The van der Waals surface area contributed by atoms with Gasteiger partial charge >= 0.3 is 11.8 Å². The van der Waals surface area contributed by atoms with Gasteiger partial charge in [-0.3, -0.25) is 4.79 Å². The molecule has 17 heavy (non-hydrogen) atoms. The van der Waals surface area contributed by atoms with Gasteiger partial charge in [-0.1, -0.05) is 51.9 Å². The molecule has 0 spiro atoms. The Hall–Kier alpha value is -0.740. The van der Waals surface area contributed by atoms with Gasteiger partial charge in [0.1, 0.15) is 0 Å². The maximum atomic E-state index is 12.8. The van der Waals surface area contributed by atoms with Gasteiger partial charge in [0.25, 0.3) is 0 Å². The van der Waals surface area contributed by atoms with Crippen molar-refractivity contribution in [3.8, 4) is 0 Å². The molecule has 1 N–H and O–H groups in total. The lowest BCUT2D eigenvalue weighted by Crippen LogP contribution is -2.36. The van der Waals surface area contributed by atoms with Crippen molar-refractivity contribution in [2.24, 2.45) is 0 Å². The fourth-order valence-corrected chi connectivity index (χ4v) is 1.66. The third kappa shape index (κ3) is 8.05. The van der Waals surface area contributed by atoms with Crippen LogP contribution in [0.4, 0.5) is 13.3 Å². The van der Waals surface area contributed by atoms with E-state index in [0.29, 0.717) is 12.0 Å².